The van der Waals surface area contributed by atoms with E-state index in [0.29, 0.717) is 18.3 Å². The van der Waals surface area contributed by atoms with Crippen molar-refractivity contribution in [2.24, 2.45) is 5.92 Å². The van der Waals surface area contributed by atoms with E-state index in [1.807, 2.05) is 41.4 Å². The van der Waals surface area contributed by atoms with Gasteiger partial charge in [-0.15, -0.1) is 0 Å². The molecule has 160 valence electrons. The molecule has 2 aliphatic rings. The highest BCUT2D eigenvalue weighted by Gasteiger charge is 2.45. The molecule has 1 aromatic carbocycles. The number of hydrogen-bond donors (Lipinski definition) is 0. The lowest BCUT2D eigenvalue weighted by molar-refractivity contribution is -0.129. The van der Waals surface area contributed by atoms with Crippen LogP contribution in [0.2, 0.25) is 0 Å². The van der Waals surface area contributed by atoms with Crippen LogP contribution in [-0.4, -0.2) is 45.8 Å². The maximum Gasteiger partial charge on any atom is 0.227 e. The predicted octanol–water partition coefficient (Wildman–Crippen LogP) is 3.88. The number of carbonyl (C=O) groups excluding carboxylic acids is 1. The van der Waals surface area contributed by atoms with Gasteiger partial charge in [0.05, 0.1) is 24.9 Å². The third-order valence-corrected chi connectivity index (χ3v) is 6.56. The highest BCUT2D eigenvalue weighted by atomic mass is 16.5. The van der Waals surface area contributed by atoms with Gasteiger partial charge in [-0.05, 0) is 56.0 Å². The first-order chi connectivity index (χ1) is 15.0. The van der Waals surface area contributed by atoms with Gasteiger partial charge >= 0.3 is 0 Å². The van der Waals surface area contributed by atoms with Crippen molar-refractivity contribution in [2.75, 3.05) is 20.2 Å². The lowest BCUT2D eigenvalue weighted by Gasteiger charge is -2.18. The topological polar surface area (TPSA) is 60.2 Å². The maximum absolute atomic E-state index is 13.1. The number of likely N-dealkylation sites (tertiary alicyclic amines) is 1. The highest BCUT2D eigenvalue weighted by Crippen LogP contribution is 2.47. The van der Waals surface area contributed by atoms with Gasteiger partial charge in [0.2, 0.25) is 5.91 Å². The summed E-state index contributed by atoms with van der Waals surface area (Å²) in [5.74, 6) is 1.76. The van der Waals surface area contributed by atoms with E-state index in [0.717, 1.165) is 36.4 Å². The minimum atomic E-state index is 0.184. The third kappa shape index (κ3) is 3.50. The molecule has 0 bridgehead atoms. The minimum Gasteiger partial charge on any atom is -0.497 e. The fourth-order valence-corrected chi connectivity index (χ4v) is 5.12. The summed E-state index contributed by atoms with van der Waals surface area (Å²) in [6.07, 6.45) is 5.07. The van der Waals surface area contributed by atoms with Crippen LogP contribution in [0.3, 0.4) is 0 Å². The van der Waals surface area contributed by atoms with Crippen LogP contribution in [0.5, 0.6) is 5.75 Å². The van der Waals surface area contributed by atoms with Crippen LogP contribution in [0.4, 0.5) is 0 Å². The molecule has 1 aliphatic carbocycles. The molecule has 1 aliphatic heterocycles. The number of carbonyl (C=O) groups is 1. The Morgan fingerprint density at radius 1 is 1.23 bits per heavy atom. The second kappa shape index (κ2) is 7.84. The largest absolute Gasteiger partial charge is 0.497 e. The monoisotopic (exact) mass is 416 g/mol. The van der Waals surface area contributed by atoms with Gasteiger partial charge in [-0.3, -0.25) is 14.5 Å². The van der Waals surface area contributed by atoms with Crippen molar-refractivity contribution in [3.63, 3.8) is 0 Å². The molecule has 2 atom stereocenters. The molecule has 1 fully saturated rings. The quantitative estimate of drug-likeness (QED) is 0.633. The number of nitrogens with zero attached hydrogens (tertiary/aromatic N) is 4. The van der Waals surface area contributed by atoms with Gasteiger partial charge in [0.1, 0.15) is 5.75 Å². The van der Waals surface area contributed by atoms with E-state index in [1.165, 1.54) is 17.0 Å². The minimum absolute atomic E-state index is 0.184. The van der Waals surface area contributed by atoms with Gasteiger partial charge in [-0.2, -0.15) is 5.10 Å². The molecule has 3 aromatic rings. The number of ether oxygens (including phenoxy) is 1. The van der Waals surface area contributed by atoms with Crippen molar-refractivity contribution in [1.29, 1.82) is 0 Å². The zero-order valence-corrected chi connectivity index (χ0v) is 18.3. The van der Waals surface area contributed by atoms with Crippen LogP contribution in [0.1, 0.15) is 42.6 Å². The van der Waals surface area contributed by atoms with E-state index < -0.39 is 0 Å². The third-order valence-electron chi connectivity index (χ3n) is 6.56. The van der Waals surface area contributed by atoms with Crippen LogP contribution >= 0.6 is 0 Å². The van der Waals surface area contributed by atoms with E-state index in [9.17, 15) is 4.79 Å². The lowest BCUT2D eigenvalue weighted by atomic mass is 9.94. The van der Waals surface area contributed by atoms with Crippen LogP contribution in [0.15, 0.2) is 48.8 Å². The summed E-state index contributed by atoms with van der Waals surface area (Å²) in [5.41, 5.74) is 5.79. The normalized spacial score (nSPS) is 19.5. The number of methoxy groups -OCH3 is 1. The molecule has 3 heterocycles. The number of aromatic nitrogens is 3. The van der Waals surface area contributed by atoms with E-state index >= 15 is 0 Å². The second-order valence-corrected chi connectivity index (χ2v) is 8.89. The smallest absolute Gasteiger partial charge is 0.227 e. The van der Waals surface area contributed by atoms with Crippen molar-refractivity contribution in [1.82, 2.24) is 19.7 Å². The summed E-state index contributed by atoms with van der Waals surface area (Å²) in [6, 6.07) is 12.1. The predicted molar refractivity (Wildman–Crippen MR) is 119 cm³/mol. The second-order valence-electron chi connectivity index (χ2n) is 8.89. The summed E-state index contributed by atoms with van der Waals surface area (Å²) in [7, 11) is 1.65. The van der Waals surface area contributed by atoms with E-state index in [4.69, 9.17) is 9.84 Å². The molecular formula is C25H28N4O2. The molecule has 1 amide bonds. The molecule has 6 heteroatoms. The molecule has 0 radical (unpaired) electrons. The number of fused-ring (bicyclic) bond motifs is 3. The van der Waals surface area contributed by atoms with Gasteiger partial charge in [0.15, 0.2) is 0 Å². The molecular weight excluding hydrogens is 388 g/mol. The van der Waals surface area contributed by atoms with Gasteiger partial charge in [-0.1, -0.05) is 12.1 Å². The van der Waals surface area contributed by atoms with Crippen molar-refractivity contribution in [2.45, 2.75) is 38.6 Å². The molecule has 2 aromatic heterocycles. The van der Waals surface area contributed by atoms with E-state index in [2.05, 4.69) is 29.6 Å². The molecule has 0 unspecified atom stereocenters. The summed E-state index contributed by atoms with van der Waals surface area (Å²) >= 11 is 0. The molecule has 1 saturated heterocycles. The van der Waals surface area contributed by atoms with Gasteiger partial charge in [-0.25, -0.2) is 0 Å². The molecule has 0 N–H and O–H groups in total. The Kier molecular flexibility index (Phi) is 5.00. The van der Waals surface area contributed by atoms with E-state index in [1.54, 1.807) is 13.3 Å². The Hall–Kier alpha value is -3.15. The zero-order chi connectivity index (χ0) is 21.5. The number of rotatable bonds is 5. The van der Waals surface area contributed by atoms with Crippen LogP contribution in [-0.2, 0) is 17.6 Å². The average molecular weight is 417 g/mol. The standard InChI is InChI=1S/C25H28N4O2/c1-16(2)29-25(18-7-5-9-26-13-18)24-21-15-28(14-19(21)12-22(24)27-29)23(30)11-17-6-4-8-20(10-17)31-3/h4-10,13,16,19,21H,11-12,14-15H2,1-3H3/t19-,21+/m1/s1. The Morgan fingerprint density at radius 3 is 2.84 bits per heavy atom. The van der Waals surface area contributed by atoms with Crippen LogP contribution < -0.4 is 4.74 Å². The average Bonchev–Trinajstić information content (AvgIpc) is 3.43. The van der Waals surface area contributed by atoms with E-state index in [-0.39, 0.29) is 11.9 Å². The number of benzene rings is 1. The first kappa shape index (κ1) is 19.8. The summed E-state index contributed by atoms with van der Waals surface area (Å²) in [6.45, 7) is 5.89. The van der Waals surface area contributed by atoms with Crippen LogP contribution in [0.25, 0.3) is 11.3 Å². The fraction of sp³-hybridized carbons (Fsp3) is 0.400. The zero-order valence-electron chi connectivity index (χ0n) is 18.3. The first-order valence-electron chi connectivity index (χ1n) is 11.0. The summed E-state index contributed by atoms with van der Waals surface area (Å²) in [5, 5.41) is 4.98. The first-order valence-corrected chi connectivity index (χ1v) is 11.0. The molecule has 0 spiro atoms. The maximum atomic E-state index is 13.1. The van der Waals surface area contributed by atoms with Gasteiger partial charge < -0.3 is 9.64 Å². The van der Waals surface area contributed by atoms with Crippen molar-refractivity contribution < 1.29 is 9.53 Å². The Bertz CT molecular complexity index is 1110. The molecule has 5 rings (SSSR count). The highest BCUT2D eigenvalue weighted by molar-refractivity contribution is 5.80. The van der Waals surface area contributed by atoms with Gasteiger partial charge in [0.25, 0.3) is 0 Å². The fourth-order valence-electron chi connectivity index (χ4n) is 5.12. The molecule has 6 nitrogen and oxygen atoms in total. The number of pyridine rings is 1. The SMILES string of the molecule is COc1cccc(CC(=O)N2C[C@H]3Cc4nn(C(C)C)c(-c5cccnc5)c4[C@H]3C2)c1. The van der Waals surface area contributed by atoms with Crippen molar-refractivity contribution in [3.05, 3.63) is 65.6 Å². The number of hydrogen-bond acceptors (Lipinski definition) is 4. The lowest BCUT2D eigenvalue weighted by Crippen LogP contribution is -2.31. The Morgan fingerprint density at radius 2 is 2.10 bits per heavy atom. The van der Waals surface area contributed by atoms with Crippen molar-refractivity contribution in [3.8, 4) is 17.0 Å². The van der Waals surface area contributed by atoms with Gasteiger partial charge in [0, 0.05) is 48.6 Å². The Balaban J connectivity index is 1.41. The van der Waals surface area contributed by atoms with Crippen LogP contribution in [0, 0.1) is 5.92 Å². The molecule has 0 saturated carbocycles. The number of amides is 1. The Labute approximate surface area is 182 Å². The summed E-state index contributed by atoms with van der Waals surface area (Å²) in [4.78, 5) is 19.5. The summed E-state index contributed by atoms with van der Waals surface area (Å²) < 4.78 is 7.44. The molecule has 31 heavy (non-hydrogen) atoms. The van der Waals surface area contributed by atoms with Crippen molar-refractivity contribution >= 4 is 5.91 Å².